The summed E-state index contributed by atoms with van der Waals surface area (Å²) in [5.74, 6) is 1.53. The number of pyridine rings is 1. The molecule has 1 fully saturated rings. The van der Waals surface area contributed by atoms with Crippen molar-refractivity contribution < 1.29 is 4.79 Å². The molecule has 3 aromatic heterocycles. The van der Waals surface area contributed by atoms with E-state index >= 15 is 0 Å². The summed E-state index contributed by atoms with van der Waals surface area (Å²) in [5, 5.41) is 7.37. The van der Waals surface area contributed by atoms with Crippen molar-refractivity contribution in [3.05, 3.63) is 66.5 Å². The third kappa shape index (κ3) is 4.48. The summed E-state index contributed by atoms with van der Waals surface area (Å²) < 4.78 is 1.73. The van der Waals surface area contributed by atoms with E-state index in [1.807, 2.05) is 36.2 Å². The molecule has 29 heavy (non-hydrogen) atoms. The number of aryl methyl sites for hydroxylation is 1. The maximum Gasteiger partial charge on any atom is 0.246 e. The minimum absolute atomic E-state index is 0.000902. The highest BCUT2D eigenvalue weighted by molar-refractivity contribution is 5.91. The first-order chi connectivity index (χ1) is 14.2. The van der Waals surface area contributed by atoms with Crippen LogP contribution in [-0.4, -0.2) is 48.6 Å². The lowest BCUT2D eigenvalue weighted by molar-refractivity contribution is -0.127. The van der Waals surface area contributed by atoms with Gasteiger partial charge in [0.05, 0.1) is 11.4 Å². The van der Waals surface area contributed by atoms with Crippen LogP contribution in [0.4, 0.5) is 11.6 Å². The number of carbonyl (C=O) groups excluding carboxylic acids is 1. The average molecular weight is 389 g/mol. The Morgan fingerprint density at radius 2 is 2.03 bits per heavy atom. The topological polar surface area (TPSA) is 88.8 Å². The van der Waals surface area contributed by atoms with Gasteiger partial charge in [-0.3, -0.25) is 14.5 Å². The Balaban J connectivity index is 1.48. The van der Waals surface area contributed by atoms with Gasteiger partial charge in [-0.25, -0.2) is 9.97 Å². The molecule has 1 N–H and O–H groups in total. The number of amides is 1. The number of nitrogens with zero attached hydrogens (tertiary/aromatic N) is 6. The van der Waals surface area contributed by atoms with E-state index in [-0.39, 0.29) is 11.8 Å². The van der Waals surface area contributed by atoms with Crippen molar-refractivity contribution in [3.8, 4) is 0 Å². The van der Waals surface area contributed by atoms with E-state index in [2.05, 4.69) is 25.4 Å². The van der Waals surface area contributed by atoms with Crippen LogP contribution in [0.5, 0.6) is 0 Å². The summed E-state index contributed by atoms with van der Waals surface area (Å²) >= 11 is 0. The molecule has 0 aromatic carbocycles. The first-order valence-electron chi connectivity index (χ1n) is 9.64. The van der Waals surface area contributed by atoms with Crippen LogP contribution in [0, 0.1) is 0 Å². The molecule has 1 atom stereocenters. The van der Waals surface area contributed by atoms with Crippen molar-refractivity contribution in [2.24, 2.45) is 7.05 Å². The molecule has 8 nitrogen and oxygen atoms in total. The molecule has 0 saturated carbocycles. The summed E-state index contributed by atoms with van der Waals surface area (Å²) in [6.07, 6.45) is 12.1. The van der Waals surface area contributed by atoms with Crippen LogP contribution in [0.25, 0.3) is 6.08 Å². The fourth-order valence-corrected chi connectivity index (χ4v) is 3.51. The van der Waals surface area contributed by atoms with Gasteiger partial charge >= 0.3 is 0 Å². The molecule has 0 bridgehead atoms. The zero-order valence-electron chi connectivity index (χ0n) is 16.3. The molecule has 0 radical (unpaired) electrons. The van der Waals surface area contributed by atoms with Gasteiger partial charge in [0.2, 0.25) is 5.91 Å². The SMILES string of the molecule is Cn1nccc1/C=C/C(=O)N1CCC[C@@H](c2nccnc2Nc2ccccn2)C1. The van der Waals surface area contributed by atoms with Gasteiger partial charge in [-0.2, -0.15) is 5.10 Å². The van der Waals surface area contributed by atoms with Crippen molar-refractivity contribution >= 4 is 23.6 Å². The predicted molar refractivity (Wildman–Crippen MR) is 110 cm³/mol. The summed E-state index contributed by atoms with van der Waals surface area (Å²) in [6, 6.07) is 7.55. The molecule has 0 spiro atoms. The summed E-state index contributed by atoms with van der Waals surface area (Å²) in [4.78, 5) is 27.9. The maximum atomic E-state index is 12.7. The number of aromatic nitrogens is 5. The Bertz CT molecular complexity index is 999. The van der Waals surface area contributed by atoms with E-state index in [4.69, 9.17) is 0 Å². The number of hydrogen-bond donors (Lipinski definition) is 1. The van der Waals surface area contributed by atoms with Gasteiger partial charge in [0, 0.05) is 56.9 Å². The number of anilines is 2. The highest BCUT2D eigenvalue weighted by Gasteiger charge is 2.27. The van der Waals surface area contributed by atoms with Crippen LogP contribution in [0.15, 0.2) is 55.1 Å². The van der Waals surface area contributed by atoms with Crippen molar-refractivity contribution in [1.29, 1.82) is 0 Å². The van der Waals surface area contributed by atoms with Gasteiger partial charge in [-0.15, -0.1) is 0 Å². The number of carbonyl (C=O) groups is 1. The molecule has 4 heterocycles. The minimum Gasteiger partial charge on any atom is -0.338 e. The van der Waals surface area contributed by atoms with E-state index in [1.165, 1.54) is 0 Å². The van der Waals surface area contributed by atoms with Crippen LogP contribution in [0.1, 0.15) is 30.1 Å². The van der Waals surface area contributed by atoms with Gasteiger partial charge in [-0.05, 0) is 37.1 Å². The highest BCUT2D eigenvalue weighted by atomic mass is 16.2. The van der Waals surface area contributed by atoms with Gasteiger partial charge in [0.15, 0.2) is 5.82 Å². The van der Waals surface area contributed by atoms with Crippen LogP contribution < -0.4 is 5.32 Å². The van der Waals surface area contributed by atoms with Gasteiger partial charge in [0.1, 0.15) is 5.82 Å². The normalized spacial score (nSPS) is 16.9. The van der Waals surface area contributed by atoms with Gasteiger partial charge in [0.25, 0.3) is 0 Å². The van der Waals surface area contributed by atoms with Crippen LogP contribution in [0.3, 0.4) is 0 Å². The standard InChI is InChI=1S/C21H23N7O/c1-27-17(9-11-25-27)7-8-19(29)28-14-4-5-16(15-28)20-21(24-13-12-23-20)26-18-6-2-3-10-22-18/h2-3,6-13,16H,4-5,14-15H2,1H3,(H,22,24,26)/b8-7+/t16-/m1/s1. The first kappa shape index (κ1) is 18.8. The van der Waals surface area contributed by atoms with E-state index in [1.54, 1.807) is 41.6 Å². The van der Waals surface area contributed by atoms with Crippen molar-refractivity contribution in [3.63, 3.8) is 0 Å². The van der Waals surface area contributed by atoms with Crippen molar-refractivity contribution in [2.75, 3.05) is 18.4 Å². The monoisotopic (exact) mass is 389 g/mol. The Morgan fingerprint density at radius 3 is 2.83 bits per heavy atom. The lowest BCUT2D eigenvalue weighted by Crippen LogP contribution is -2.38. The molecule has 1 aliphatic heterocycles. The van der Waals surface area contributed by atoms with Gasteiger partial charge in [-0.1, -0.05) is 6.07 Å². The fourth-order valence-electron chi connectivity index (χ4n) is 3.51. The lowest BCUT2D eigenvalue weighted by atomic mass is 9.94. The Kier molecular flexibility index (Phi) is 5.60. The number of likely N-dealkylation sites (tertiary alicyclic amines) is 1. The molecular weight excluding hydrogens is 366 g/mol. The molecule has 4 rings (SSSR count). The fraction of sp³-hybridized carbons (Fsp3) is 0.286. The average Bonchev–Trinajstić information content (AvgIpc) is 3.18. The van der Waals surface area contributed by atoms with Crippen LogP contribution in [-0.2, 0) is 11.8 Å². The second-order valence-electron chi connectivity index (χ2n) is 6.97. The van der Waals surface area contributed by atoms with E-state index in [0.29, 0.717) is 12.4 Å². The molecule has 1 saturated heterocycles. The molecule has 8 heteroatoms. The zero-order chi connectivity index (χ0) is 20.1. The Morgan fingerprint density at radius 1 is 1.14 bits per heavy atom. The summed E-state index contributed by atoms with van der Waals surface area (Å²) in [7, 11) is 1.85. The number of nitrogens with one attached hydrogen (secondary N) is 1. The zero-order valence-corrected chi connectivity index (χ0v) is 16.3. The third-order valence-corrected chi connectivity index (χ3v) is 5.01. The highest BCUT2D eigenvalue weighted by Crippen LogP contribution is 2.30. The molecule has 1 aliphatic rings. The second kappa shape index (κ2) is 8.64. The Labute approximate surface area is 169 Å². The van der Waals surface area contributed by atoms with E-state index < -0.39 is 0 Å². The first-order valence-corrected chi connectivity index (χ1v) is 9.64. The second-order valence-corrected chi connectivity index (χ2v) is 6.97. The van der Waals surface area contributed by atoms with Crippen LogP contribution >= 0.6 is 0 Å². The molecule has 148 valence electrons. The third-order valence-electron chi connectivity index (χ3n) is 5.01. The number of piperidine rings is 1. The lowest BCUT2D eigenvalue weighted by Gasteiger charge is -2.32. The van der Waals surface area contributed by atoms with Gasteiger partial charge < -0.3 is 10.2 Å². The maximum absolute atomic E-state index is 12.7. The van der Waals surface area contributed by atoms with Crippen molar-refractivity contribution in [1.82, 2.24) is 29.6 Å². The Hall–Kier alpha value is -3.55. The number of rotatable bonds is 5. The summed E-state index contributed by atoms with van der Waals surface area (Å²) in [6.45, 7) is 1.36. The molecular formula is C21H23N7O. The molecule has 3 aromatic rings. The van der Waals surface area contributed by atoms with Crippen molar-refractivity contribution in [2.45, 2.75) is 18.8 Å². The molecule has 0 unspecified atom stereocenters. The van der Waals surface area contributed by atoms with E-state index in [9.17, 15) is 4.79 Å². The predicted octanol–water partition coefficient (Wildman–Crippen LogP) is 2.77. The largest absolute Gasteiger partial charge is 0.338 e. The number of hydrogen-bond acceptors (Lipinski definition) is 6. The smallest absolute Gasteiger partial charge is 0.246 e. The quantitative estimate of drug-likeness (QED) is 0.675. The van der Waals surface area contributed by atoms with E-state index in [0.717, 1.165) is 36.6 Å². The van der Waals surface area contributed by atoms with Crippen LogP contribution in [0.2, 0.25) is 0 Å². The molecule has 1 amide bonds. The minimum atomic E-state index is -0.000902. The molecule has 0 aliphatic carbocycles. The summed E-state index contributed by atoms with van der Waals surface area (Å²) in [5.41, 5.74) is 1.76.